The molecule has 0 fully saturated rings. The van der Waals surface area contributed by atoms with Gasteiger partial charge in [-0.2, -0.15) is 8.78 Å². The van der Waals surface area contributed by atoms with Gasteiger partial charge in [0, 0.05) is 21.8 Å². The van der Waals surface area contributed by atoms with E-state index >= 15 is 0 Å². The molecule has 0 radical (unpaired) electrons. The molecule has 0 saturated heterocycles. The second-order valence-corrected chi connectivity index (χ2v) is 5.53. The Balaban J connectivity index is 2.08. The molecule has 2 aromatic rings. The quantitative estimate of drug-likeness (QED) is 0.717. The Hall–Kier alpha value is -2.41. The minimum Gasteiger partial charge on any atom is -0.497 e. The van der Waals surface area contributed by atoms with Crippen LogP contribution in [0.1, 0.15) is 5.56 Å². The van der Waals surface area contributed by atoms with Crippen LogP contribution >= 0.6 is 15.9 Å². The average molecular weight is 398 g/mol. The Morgan fingerprint density at radius 2 is 1.92 bits per heavy atom. The van der Waals surface area contributed by atoms with Crippen LogP contribution in [0.4, 0.5) is 14.5 Å². The maximum absolute atomic E-state index is 12.4. The first-order valence-electron chi connectivity index (χ1n) is 6.85. The van der Waals surface area contributed by atoms with Gasteiger partial charge in [0.25, 0.3) is 0 Å². The third-order valence-corrected chi connectivity index (χ3v) is 3.45. The summed E-state index contributed by atoms with van der Waals surface area (Å²) in [4.78, 5) is 11.9. The molecule has 0 aromatic heterocycles. The lowest BCUT2D eigenvalue weighted by Gasteiger charge is -2.08. The van der Waals surface area contributed by atoms with E-state index in [1.807, 2.05) is 0 Å². The lowest BCUT2D eigenvalue weighted by atomic mass is 10.2. The van der Waals surface area contributed by atoms with E-state index in [2.05, 4.69) is 26.0 Å². The number of benzene rings is 2. The Morgan fingerprint density at radius 1 is 1.21 bits per heavy atom. The fourth-order valence-corrected chi connectivity index (χ4v) is 2.26. The van der Waals surface area contributed by atoms with Crippen LogP contribution in [0.25, 0.3) is 6.08 Å². The highest BCUT2D eigenvalue weighted by atomic mass is 79.9. The number of anilines is 1. The highest BCUT2D eigenvalue weighted by Gasteiger charge is 2.09. The summed E-state index contributed by atoms with van der Waals surface area (Å²) in [6.07, 6.45) is 2.64. The second kappa shape index (κ2) is 8.44. The highest BCUT2D eigenvalue weighted by molar-refractivity contribution is 9.10. The fourth-order valence-electron chi connectivity index (χ4n) is 1.88. The van der Waals surface area contributed by atoms with E-state index in [9.17, 15) is 13.6 Å². The van der Waals surface area contributed by atoms with E-state index in [1.165, 1.54) is 18.2 Å². The van der Waals surface area contributed by atoms with Crippen molar-refractivity contribution in [3.8, 4) is 11.5 Å². The molecule has 0 aliphatic rings. The monoisotopic (exact) mass is 397 g/mol. The van der Waals surface area contributed by atoms with Crippen molar-refractivity contribution in [2.75, 3.05) is 12.4 Å². The number of amides is 1. The number of nitrogens with one attached hydrogen (secondary N) is 1. The minimum absolute atomic E-state index is 0.0123. The summed E-state index contributed by atoms with van der Waals surface area (Å²) in [6, 6.07) is 11.4. The third kappa shape index (κ3) is 5.34. The van der Waals surface area contributed by atoms with E-state index in [4.69, 9.17) is 4.74 Å². The van der Waals surface area contributed by atoms with Crippen LogP contribution in [0.3, 0.4) is 0 Å². The van der Waals surface area contributed by atoms with Gasteiger partial charge < -0.3 is 14.8 Å². The minimum atomic E-state index is -2.94. The van der Waals surface area contributed by atoms with Gasteiger partial charge in [0.05, 0.1) is 7.11 Å². The molecule has 7 heteroatoms. The number of halogens is 3. The number of carbonyl (C=O) groups excluding carboxylic acids is 1. The topological polar surface area (TPSA) is 47.6 Å². The van der Waals surface area contributed by atoms with Gasteiger partial charge >= 0.3 is 6.61 Å². The van der Waals surface area contributed by atoms with Gasteiger partial charge in [0.15, 0.2) is 0 Å². The van der Waals surface area contributed by atoms with Crippen molar-refractivity contribution in [3.63, 3.8) is 0 Å². The SMILES string of the molecule is COc1ccc(NC(=O)/C=C/c2cc(Br)ccc2OC(F)F)cc1. The van der Waals surface area contributed by atoms with E-state index in [0.29, 0.717) is 21.5 Å². The molecule has 24 heavy (non-hydrogen) atoms. The summed E-state index contributed by atoms with van der Waals surface area (Å²) in [5.41, 5.74) is 0.943. The van der Waals surface area contributed by atoms with Crippen molar-refractivity contribution in [2.45, 2.75) is 6.61 Å². The molecule has 0 aliphatic carbocycles. The van der Waals surface area contributed by atoms with E-state index in [0.717, 1.165) is 0 Å². The number of rotatable bonds is 6. The van der Waals surface area contributed by atoms with Crippen molar-refractivity contribution in [1.29, 1.82) is 0 Å². The van der Waals surface area contributed by atoms with Gasteiger partial charge in [-0.05, 0) is 48.5 Å². The van der Waals surface area contributed by atoms with Gasteiger partial charge in [-0.3, -0.25) is 4.79 Å². The zero-order chi connectivity index (χ0) is 17.5. The first kappa shape index (κ1) is 17.9. The number of ether oxygens (including phenoxy) is 2. The lowest BCUT2D eigenvalue weighted by Crippen LogP contribution is -2.07. The number of hydrogen-bond acceptors (Lipinski definition) is 3. The maximum atomic E-state index is 12.4. The van der Waals surface area contributed by atoms with Crippen molar-refractivity contribution in [2.24, 2.45) is 0 Å². The molecule has 0 atom stereocenters. The van der Waals surface area contributed by atoms with Crippen LogP contribution in [-0.4, -0.2) is 19.6 Å². The number of carbonyl (C=O) groups is 1. The highest BCUT2D eigenvalue weighted by Crippen LogP contribution is 2.26. The number of alkyl halides is 2. The van der Waals surface area contributed by atoms with Crippen molar-refractivity contribution < 1.29 is 23.0 Å². The van der Waals surface area contributed by atoms with Crippen LogP contribution in [0.5, 0.6) is 11.5 Å². The lowest BCUT2D eigenvalue weighted by molar-refractivity contribution is -0.111. The molecule has 4 nitrogen and oxygen atoms in total. The van der Waals surface area contributed by atoms with Crippen molar-refractivity contribution >= 4 is 33.6 Å². The summed E-state index contributed by atoms with van der Waals surface area (Å²) in [5.74, 6) is 0.260. The summed E-state index contributed by atoms with van der Waals surface area (Å²) in [7, 11) is 1.55. The van der Waals surface area contributed by atoms with E-state index in [1.54, 1.807) is 43.5 Å². The van der Waals surface area contributed by atoms with Gasteiger partial charge in [-0.25, -0.2) is 0 Å². The molecule has 1 N–H and O–H groups in total. The molecule has 0 bridgehead atoms. The molecular formula is C17H14BrF2NO3. The molecule has 1 amide bonds. The smallest absolute Gasteiger partial charge is 0.387 e. The maximum Gasteiger partial charge on any atom is 0.387 e. The number of hydrogen-bond donors (Lipinski definition) is 1. The zero-order valence-electron chi connectivity index (χ0n) is 12.6. The Bertz CT molecular complexity index is 733. The van der Waals surface area contributed by atoms with Gasteiger partial charge in [-0.1, -0.05) is 15.9 Å². The average Bonchev–Trinajstić information content (AvgIpc) is 2.55. The summed E-state index contributed by atoms with van der Waals surface area (Å²) >= 11 is 3.25. The van der Waals surface area contributed by atoms with E-state index in [-0.39, 0.29) is 5.75 Å². The molecule has 126 valence electrons. The Labute approximate surface area is 146 Å². The summed E-state index contributed by atoms with van der Waals surface area (Å²) in [6.45, 7) is -2.94. The first-order valence-corrected chi connectivity index (χ1v) is 7.64. The van der Waals surface area contributed by atoms with Crippen LogP contribution < -0.4 is 14.8 Å². The fraction of sp³-hybridized carbons (Fsp3) is 0.118. The predicted octanol–water partition coefficient (Wildman–Crippen LogP) is 4.71. The van der Waals surface area contributed by atoms with Crippen LogP contribution in [0.15, 0.2) is 53.0 Å². The first-order chi connectivity index (χ1) is 11.5. The van der Waals surface area contributed by atoms with Crippen molar-refractivity contribution in [3.05, 3.63) is 58.6 Å². The molecule has 0 saturated carbocycles. The van der Waals surface area contributed by atoms with Crippen LogP contribution in [0.2, 0.25) is 0 Å². The Morgan fingerprint density at radius 3 is 2.54 bits per heavy atom. The molecule has 2 aromatic carbocycles. The molecular weight excluding hydrogens is 384 g/mol. The summed E-state index contributed by atoms with van der Waals surface area (Å²) in [5, 5.41) is 2.66. The zero-order valence-corrected chi connectivity index (χ0v) is 14.2. The molecule has 0 aliphatic heterocycles. The predicted molar refractivity (Wildman–Crippen MR) is 91.4 cm³/mol. The summed E-state index contributed by atoms with van der Waals surface area (Å²) < 4.78 is 34.9. The molecule has 0 heterocycles. The van der Waals surface area contributed by atoms with Gasteiger partial charge in [-0.15, -0.1) is 0 Å². The standard InChI is InChI=1S/C17H14BrF2NO3/c1-23-14-6-4-13(5-7-14)21-16(22)9-2-11-10-12(18)3-8-15(11)24-17(19)20/h2-10,17H,1H3,(H,21,22)/b9-2+. The number of methoxy groups -OCH3 is 1. The largest absolute Gasteiger partial charge is 0.497 e. The van der Waals surface area contributed by atoms with Gasteiger partial charge in [0.2, 0.25) is 5.91 Å². The van der Waals surface area contributed by atoms with E-state index < -0.39 is 12.5 Å². The molecule has 2 rings (SSSR count). The van der Waals surface area contributed by atoms with Crippen LogP contribution in [0, 0.1) is 0 Å². The van der Waals surface area contributed by atoms with Crippen LogP contribution in [-0.2, 0) is 4.79 Å². The third-order valence-electron chi connectivity index (χ3n) is 2.96. The van der Waals surface area contributed by atoms with Crippen molar-refractivity contribution in [1.82, 2.24) is 0 Å². The second-order valence-electron chi connectivity index (χ2n) is 4.61. The molecule has 0 spiro atoms. The normalized spacial score (nSPS) is 10.9. The Kier molecular flexibility index (Phi) is 6.31. The molecule has 0 unspecified atom stereocenters. The van der Waals surface area contributed by atoms with Gasteiger partial charge in [0.1, 0.15) is 11.5 Å².